The van der Waals surface area contributed by atoms with Gasteiger partial charge in [0.25, 0.3) is 0 Å². The van der Waals surface area contributed by atoms with Crippen LogP contribution in [-0.2, 0) is 4.79 Å². The molecule has 31 heavy (non-hydrogen) atoms. The Hall–Kier alpha value is -3.53. The summed E-state index contributed by atoms with van der Waals surface area (Å²) in [5.74, 6) is 0.0487. The number of benzene rings is 3. The van der Waals surface area contributed by atoms with Crippen molar-refractivity contribution in [2.45, 2.75) is 39.0 Å². The van der Waals surface area contributed by atoms with Crippen molar-refractivity contribution >= 4 is 22.6 Å². The van der Waals surface area contributed by atoms with E-state index in [4.69, 9.17) is 9.97 Å². The molecule has 4 nitrogen and oxygen atoms in total. The molecule has 0 saturated carbocycles. The van der Waals surface area contributed by atoms with Crippen LogP contribution in [0.25, 0.3) is 33.5 Å². The van der Waals surface area contributed by atoms with Crippen LogP contribution in [0.1, 0.15) is 39.0 Å². The van der Waals surface area contributed by atoms with Crippen LogP contribution in [0.2, 0.25) is 0 Å². The summed E-state index contributed by atoms with van der Waals surface area (Å²) in [6, 6.07) is 26.0. The van der Waals surface area contributed by atoms with Crippen molar-refractivity contribution in [1.29, 1.82) is 0 Å². The first-order valence-corrected chi connectivity index (χ1v) is 11.0. The lowest BCUT2D eigenvalue weighted by atomic mass is 10.0. The summed E-state index contributed by atoms with van der Waals surface area (Å²) in [5, 5.41) is 3.01. The molecule has 0 saturated heterocycles. The van der Waals surface area contributed by atoms with Crippen LogP contribution in [0.3, 0.4) is 0 Å². The first-order valence-electron chi connectivity index (χ1n) is 11.0. The molecule has 1 amide bonds. The molecule has 1 N–H and O–H groups in total. The number of fused-ring (bicyclic) bond motifs is 1. The summed E-state index contributed by atoms with van der Waals surface area (Å²) in [6.45, 7) is 2.17. The van der Waals surface area contributed by atoms with Crippen LogP contribution in [0.4, 0.5) is 5.69 Å². The molecule has 0 aliphatic heterocycles. The van der Waals surface area contributed by atoms with Gasteiger partial charge in [0.15, 0.2) is 0 Å². The molecular formula is C27H27N3O. The molecule has 0 radical (unpaired) electrons. The van der Waals surface area contributed by atoms with E-state index in [1.165, 1.54) is 12.8 Å². The smallest absolute Gasteiger partial charge is 0.224 e. The second-order valence-electron chi connectivity index (χ2n) is 7.72. The van der Waals surface area contributed by atoms with Crippen molar-refractivity contribution in [2.75, 3.05) is 5.32 Å². The lowest BCUT2D eigenvalue weighted by Gasteiger charge is -2.12. The molecule has 0 fully saturated rings. The fourth-order valence-electron chi connectivity index (χ4n) is 3.66. The van der Waals surface area contributed by atoms with Gasteiger partial charge in [0.2, 0.25) is 5.91 Å². The van der Waals surface area contributed by atoms with Gasteiger partial charge in [0.05, 0.1) is 22.4 Å². The van der Waals surface area contributed by atoms with Gasteiger partial charge in [-0.25, -0.2) is 9.97 Å². The lowest BCUT2D eigenvalue weighted by Crippen LogP contribution is -2.11. The molecule has 0 unspecified atom stereocenters. The van der Waals surface area contributed by atoms with Crippen LogP contribution in [-0.4, -0.2) is 15.9 Å². The minimum absolute atomic E-state index is 0.0487. The monoisotopic (exact) mass is 409 g/mol. The highest BCUT2D eigenvalue weighted by Gasteiger charge is 2.13. The normalized spacial score (nSPS) is 10.9. The van der Waals surface area contributed by atoms with Gasteiger partial charge < -0.3 is 5.32 Å². The van der Waals surface area contributed by atoms with E-state index in [9.17, 15) is 4.79 Å². The van der Waals surface area contributed by atoms with E-state index in [2.05, 4.69) is 24.4 Å². The van der Waals surface area contributed by atoms with Crippen LogP contribution >= 0.6 is 0 Å². The van der Waals surface area contributed by atoms with E-state index in [1.807, 2.05) is 66.7 Å². The van der Waals surface area contributed by atoms with Crippen LogP contribution in [0.15, 0.2) is 78.9 Å². The number of hydrogen-bond donors (Lipinski definition) is 1. The van der Waals surface area contributed by atoms with E-state index < -0.39 is 0 Å². The van der Waals surface area contributed by atoms with Crippen molar-refractivity contribution in [3.8, 4) is 22.5 Å². The van der Waals surface area contributed by atoms with Gasteiger partial charge in [-0.1, -0.05) is 86.8 Å². The van der Waals surface area contributed by atoms with E-state index in [-0.39, 0.29) is 5.91 Å². The number of aromatic nitrogens is 2. The Labute approximate surface area is 183 Å². The minimum atomic E-state index is 0.0487. The fourth-order valence-corrected chi connectivity index (χ4v) is 3.66. The summed E-state index contributed by atoms with van der Waals surface area (Å²) in [4.78, 5) is 22.2. The van der Waals surface area contributed by atoms with Crippen LogP contribution in [0, 0.1) is 0 Å². The molecule has 4 heteroatoms. The average molecular weight is 410 g/mol. The third-order valence-corrected chi connectivity index (χ3v) is 5.30. The quantitative estimate of drug-likeness (QED) is 0.323. The Kier molecular flexibility index (Phi) is 6.68. The van der Waals surface area contributed by atoms with Gasteiger partial charge in [-0.3, -0.25) is 4.79 Å². The summed E-state index contributed by atoms with van der Waals surface area (Å²) < 4.78 is 0. The van der Waals surface area contributed by atoms with Crippen molar-refractivity contribution in [1.82, 2.24) is 9.97 Å². The molecule has 0 aliphatic carbocycles. The third-order valence-electron chi connectivity index (χ3n) is 5.30. The van der Waals surface area contributed by atoms with E-state index in [1.54, 1.807) is 0 Å². The molecule has 156 valence electrons. The maximum atomic E-state index is 12.3. The summed E-state index contributed by atoms with van der Waals surface area (Å²) in [7, 11) is 0. The molecule has 1 heterocycles. The topological polar surface area (TPSA) is 54.9 Å². The standard InChI is InChI=1S/C27H27N3O/c1-2-3-4-11-16-25(31)28-22-17-18-23-24(19-22)30-27(21-14-9-6-10-15-21)26(29-23)20-12-7-5-8-13-20/h5-10,12-15,17-19H,2-4,11,16H2,1H3,(H,28,31). The zero-order chi connectivity index (χ0) is 21.5. The predicted molar refractivity (Wildman–Crippen MR) is 128 cm³/mol. The summed E-state index contributed by atoms with van der Waals surface area (Å²) in [5.41, 5.74) is 6.06. The molecule has 4 aromatic rings. The molecular weight excluding hydrogens is 382 g/mol. The Morgan fingerprint density at radius 2 is 1.35 bits per heavy atom. The van der Waals surface area contributed by atoms with Crippen LogP contribution < -0.4 is 5.32 Å². The molecule has 4 rings (SSSR count). The molecule has 1 aromatic heterocycles. The zero-order valence-electron chi connectivity index (χ0n) is 17.8. The third kappa shape index (κ3) is 5.15. The predicted octanol–water partition coefficient (Wildman–Crippen LogP) is 6.87. The highest BCUT2D eigenvalue weighted by Crippen LogP contribution is 2.31. The molecule has 0 aliphatic rings. The largest absolute Gasteiger partial charge is 0.326 e. The molecule has 0 atom stereocenters. The number of amides is 1. The second-order valence-corrected chi connectivity index (χ2v) is 7.72. The number of carbonyl (C=O) groups excluding carboxylic acids is 1. The fraction of sp³-hybridized carbons (Fsp3) is 0.222. The molecule has 3 aromatic carbocycles. The van der Waals surface area contributed by atoms with E-state index in [0.717, 1.165) is 52.1 Å². The average Bonchev–Trinajstić information content (AvgIpc) is 2.82. The highest BCUT2D eigenvalue weighted by molar-refractivity contribution is 5.94. The molecule has 0 bridgehead atoms. The Morgan fingerprint density at radius 1 is 0.742 bits per heavy atom. The highest BCUT2D eigenvalue weighted by atomic mass is 16.1. The van der Waals surface area contributed by atoms with E-state index in [0.29, 0.717) is 6.42 Å². The van der Waals surface area contributed by atoms with Gasteiger partial charge >= 0.3 is 0 Å². The Morgan fingerprint density at radius 3 is 1.97 bits per heavy atom. The SMILES string of the molecule is CCCCCCC(=O)Nc1ccc2nc(-c3ccccc3)c(-c3ccccc3)nc2c1. The number of rotatable bonds is 8. The Bertz CT molecular complexity index is 1160. The molecule has 0 spiro atoms. The van der Waals surface area contributed by atoms with Gasteiger partial charge in [-0.2, -0.15) is 0 Å². The van der Waals surface area contributed by atoms with Crippen LogP contribution in [0.5, 0.6) is 0 Å². The summed E-state index contributed by atoms with van der Waals surface area (Å²) >= 11 is 0. The van der Waals surface area contributed by atoms with Crippen molar-refractivity contribution < 1.29 is 4.79 Å². The first-order chi connectivity index (χ1) is 15.2. The lowest BCUT2D eigenvalue weighted by molar-refractivity contribution is -0.116. The number of unbranched alkanes of at least 4 members (excludes halogenated alkanes) is 3. The number of nitrogens with zero attached hydrogens (tertiary/aromatic N) is 2. The maximum absolute atomic E-state index is 12.3. The minimum Gasteiger partial charge on any atom is -0.326 e. The zero-order valence-corrected chi connectivity index (χ0v) is 17.8. The van der Waals surface area contributed by atoms with Gasteiger partial charge in [0.1, 0.15) is 0 Å². The van der Waals surface area contributed by atoms with Crippen molar-refractivity contribution in [2.24, 2.45) is 0 Å². The van der Waals surface area contributed by atoms with Crippen molar-refractivity contribution in [3.63, 3.8) is 0 Å². The maximum Gasteiger partial charge on any atom is 0.224 e. The number of carbonyl (C=O) groups is 1. The number of hydrogen-bond acceptors (Lipinski definition) is 3. The van der Waals surface area contributed by atoms with Gasteiger partial charge in [-0.05, 0) is 24.6 Å². The Balaban J connectivity index is 1.67. The number of nitrogens with one attached hydrogen (secondary N) is 1. The van der Waals surface area contributed by atoms with E-state index >= 15 is 0 Å². The van der Waals surface area contributed by atoms with Crippen molar-refractivity contribution in [3.05, 3.63) is 78.9 Å². The number of anilines is 1. The first kappa shape index (κ1) is 20.7. The summed E-state index contributed by atoms with van der Waals surface area (Å²) in [6.07, 6.45) is 4.90. The van der Waals surface area contributed by atoms with Gasteiger partial charge in [-0.15, -0.1) is 0 Å². The second kappa shape index (κ2) is 9.98. The van der Waals surface area contributed by atoms with Gasteiger partial charge in [0, 0.05) is 23.2 Å².